The number of carbonyl (C=O) groups excluding carboxylic acids is 2. The Morgan fingerprint density at radius 3 is 2.33 bits per heavy atom. The number of nitrogens with one attached hydrogen (secondary N) is 2. The molecule has 3 rings (SSSR count). The predicted octanol–water partition coefficient (Wildman–Crippen LogP) is 3.04. The third kappa shape index (κ3) is 4.77. The van der Waals surface area contributed by atoms with Gasteiger partial charge in [-0.2, -0.15) is 0 Å². The Bertz CT molecular complexity index is 806. The van der Waals surface area contributed by atoms with Gasteiger partial charge in [0.2, 0.25) is 5.91 Å². The van der Waals surface area contributed by atoms with Crippen molar-refractivity contribution in [2.45, 2.75) is 39.7 Å². The molecule has 0 saturated carbocycles. The summed E-state index contributed by atoms with van der Waals surface area (Å²) in [6.45, 7) is 7.55. The highest BCUT2D eigenvalue weighted by Crippen LogP contribution is 2.21. The summed E-state index contributed by atoms with van der Waals surface area (Å²) in [5, 5.41) is 6.03. The number of hydrogen-bond acceptors (Lipinski definition) is 4. The number of nitrogens with zero attached hydrogens (tertiary/aromatic N) is 1. The maximum Gasteiger partial charge on any atom is 0.255 e. The Hall–Kier alpha value is -2.60. The van der Waals surface area contributed by atoms with Crippen molar-refractivity contribution in [2.75, 3.05) is 25.0 Å². The molecule has 1 fully saturated rings. The SMILES string of the molecule is Cc1oc(C)c(C(=O)NC2CCN(CC(=O)Nc3ccccc3)CC2)c1C. The third-order valence-corrected chi connectivity index (χ3v) is 5.14. The summed E-state index contributed by atoms with van der Waals surface area (Å²) in [6, 6.07) is 9.59. The Balaban J connectivity index is 1.46. The highest BCUT2D eigenvalue weighted by molar-refractivity contribution is 5.97. The summed E-state index contributed by atoms with van der Waals surface area (Å²) in [5.41, 5.74) is 2.36. The van der Waals surface area contributed by atoms with E-state index in [0.29, 0.717) is 17.9 Å². The molecule has 1 aromatic heterocycles. The average molecular weight is 369 g/mol. The van der Waals surface area contributed by atoms with Gasteiger partial charge >= 0.3 is 0 Å². The first-order valence-electron chi connectivity index (χ1n) is 9.38. The van der Waals surface area contributed by atoms with Gasteiger partial charge in [-0.3, -0.25) is 14.5 Å². The Morgan fingerprint density at radius 1 is 1.07 bits per heavy atom. The molecule has 6 heteroatoms. The molecule has 2 heterocycles. The van der Waals surface area contributed by atoms with Crippen LogP contribution in [0.5, 0.6) is 0 Å². The number of furan rings is 1. The quantitative estimate of drug-likeness (QED) is 0.850. The van der Waals surface area contributed by atoms with Crippen LogP contribution >= 0.6 is 0 Å². The highest BCUT2D eigenvalue weighted by atomic mass is 16.3. The largest absolute Gasteiger partial charge is 0.466 e. The van der Waals surface area contributed by atoms with Crippen molar-refractivity contribution >= 4 is 17.5 Å². The zero-order valence-corrected chi connectivity index (χ0v) is 16.2. The van der Waals surface area contributed by atoms with Crippen LogP contribution < -0.4 is 10.6 Å². The first kappa shape index (κ1) is 19.2. The minimum atomic E-state index is -0.0675. The van der Waals surface area contributed by atoms with Crippen LogP contribution in [0.15, 0.2) is 34.7 Å². The summed E-state index contributed by atoms with van der Waals surface area (Å²) >= 11 is 0. The van der Waals surface area contributed by atoms with E-state index in [2.05, 4.69) is 15.5 Å². The third-order valence-electron chi connectivity index (χ3n) is 5.14. The highest BCUT2D eigenvalue weighted by Gasteiger charge is 2.25. The second-order valence-corrected chi connectivity index (χ2v) is 7.15. The van der Waals surface area contributed by atoms with E-state index in [0.717, 1.165) is 42.9 Å². The Kier molecular flexibility index (Phi) is 5.96. The maximum atomic E-state index is 12.6. The fourth-order valence-electron chi connectivity index (χ4n) is 3.55. The fourth-order valence-corrected chi connectivity index (χ4v) is 3.55. The fraction of sp³-hybridized carbons (Fsp3) is 0.429. The Labute approximate surface area is 159 Å². The van der Waals surface area contributed by atoms with Gasteiger partial charge in [-0.05, 0) is 45.7 Å². The van der Waals surface area contributed by atoms with Crippen LogP contribution in [-0.2, 0) is 4.79 Å². The summed E-state index contributed by atoms with van der Waals surface area (Å²) in [7, 11) is 0. The van der Waals surface area contributed by atoms with Crippen LogP contribution in [0.3, 0.4) is 0 Å². The second kappa shape index (κ2) is 8.39. The van der Waals surface area contributed by atoms with Gasteiger partial charge in [-0.15, -0.1) is 0 Å². The zero-order valence-electron chi connectivity index (χ0n) is 16.2. The zero-order chi connectivity index (χ0) is 19.4. The van der Waals surface area contributed by atoms with Gasteiger partial charge in [-0.1, -0.05) is 18.2 Å². The maximum absolute atomic E-state index is 12.6. The van der Waals surface area contributed by atoms with Crippen LogP contribution in [0.1, 0.15) is 40.3 Å². The van der Waals surface area contributed by atoms with Gasteiger partial charge in [0, 0.05) is 30.4 Å². The first-order chi connectivity index (χ1) is 12.9. The Morgan fingerprint density at radius 2 is 1.74 bits per heavy atom. The molecule has 1 aliphatic heterocycles. The minimum absolute atomic E-state index is 0.0104. The van der Waals surface area contributed by atoms with Crippen molar-refractivity contribution < 1.29 is 14.0 Å². The molecule has 0 radical (unpaired) electrons. The van der Waals surface area contributed by atoms with E-state index in [1.54, 1.807) is 0 Å². The molecule has 0 aliphatic carbocycles. The number of benzene rings is 1. The number of para-hydroxylation sites is 1. The molecule has 2 aromatic rings. The molecule has 27 heavy (non-hydrogen) atoms. The number of amides is 2. The molecule has 6 nitrogen and oxygen atoms in total. The van der Waals surface area contributed by atoms with Crippen LogP contribution in [0.2, 0.25) is 0 Å². The smallest absolute Gasteiger partial charge is 0.255 e. The number of anilines is 1. The van der Waals surface area contributed by atoms with E-state index >= 15 is 0 Å². The lowest BCUT2D eigenvalue weighted by atomic mass is 10.0. The van der Waals surface area contributed by atoms with Crippen LogP contribution in [0.4, 0.5) is 5.69 Å². The number of likely N-dealkylation sites (tertiary alicyclic amines) is 1. The monoisotopic (exact) mass is 369 g/mol. The van der Waals surface area contributed by atoms with Gasteiger partial charge in [0.05, 0.1) is 12.1 Å². The minimum Gasteiger partial charge on any atom is -0.466 e. The van der Waals surface area contributed by atoms with Crippen molar-refractivity contribution in [1.29, 1.82) is 0 Å². The topological polar surface area (TPSA) is 74.6 Å². The van der Waals surface area contributed by atoms with E-state index in [1.807, 2.05) is 51.1 Å². The summed E-state index contributed by atoms with van der Waals surface area (Å²) < 4.78 is 5.55. The van der Waals surface area contributed by atoms with E-state index in [4.69, 9.17) is 4.42 Å². The number of rotatable bonds is 5. The average Bonchev–Trinajstić information content (AvgIpc) is 2.89. The van der Waals surface area contributed by atoms with Crippen molar-refractivity contribution in [1.82, 2.24) is 10.2 Å². The van der Waals surface area contributed by atoms with E-state index in [1.165, 1.54) is 0 Å². The summed E-state index contributed by atoms with van der Waals surface area (Å²) in [4.78, 5) is 26.9. The summed E-state index contributed by atoms with van der Waals surface area (Å²) in [5.74, 6) is 1.38. The van der Waals surface area contributed by atoms with Crippen molar-refractivity contribution in [3.8, 4) is 0 Å². The number of piperidine rings is 1. The van der Waals surface area contributed by atoms with Gasteiger partial charge in [0.15, 0.2) is 0 Å². The van der Waals surface area contributed by atoms with Crippen molar-refractivity contribution in [2.24, 2.45) is 0 Å². The molecule has 0 unspecified atom stereocenters. The van der Waals surface area contributed by atoms with Crippen LogP contribution in [0.25, 0.3) is 0 Å². The lowest BCUT2D eigenvalue weighted by Gasteiger charge is -2.31. The lowest BCUT2D eigenvalue weighted by molar-refractivity contribution is -0.117. The molecule has 144 valence electrons. The van der Waals surface area contributed by atoms with E-state index < -0.39 is 0 Å². The molecule has 1 aromatic carbocycles. The molecular weight excluding hydrogens is 342 g/mol. The van der Waals surface area contributed by atoms with Crippen molar-refractivity contribution in [3.05, 3.63) is 53.0 Å². The van der Waals surface area contributed by atoms with Gasteiger partial charge in [0.1, 0.15) is 11.5 Å². The standard InChI is InChI=1S/C21H27N3O3/c1-14-15(2)27-16(3)20(14)21(26)23-18-9-11-24(12-10-18)13-19(25)22-17-7-5-4-6-8-17/h4-8,18H,9-13H2,1-3H3,(H,22,25)(H,23,26). The van der Waals surface area contributed by atoms with E-state index in [-0.39, 0.29) is 17.9 Å². The van der Waals surface area contributed by atoms with Crippen molar-refractivity contribution in [3.63, 3.8) is 0 Å². The molecular formula is C21H27N3O3. The van der Waals surface area contributed by atoms with Gasteiger partial charge in [0.25, 0.3) is 5.91 Å². The number of hydrogen-bond donors (Lipinski definition) is 2. The second-order valence-electron chi connectivity index (χ2n) is 7.15. The predicted molar refractivity (Wildman–Crippen MR) is 105 cm³/mol. The molecule has 2 N–H and O–H groups in total. The molecule has 0 atom stereocenters. The van der Waals surface area contributed by atoms with Gasteiger partial charge < -0.3 is 15.1 Å². The summed E-state index contributed by atoms with van der Waals surface area (Å²) in [6.07, 6.45) is 1.67. The molecule has 2 amide bonds. The normalized spacial score (nSPS) is 15.5. The lowest BCUT2D eigenvalue weighted by Crippen LogP contribution is -2.46. The van der Waals surface area contributed by atoms with Crippen LogP contribution in [-0.4, -0.2) is 42.4 Å². The van der Waals surface area contributed by atoms with Crippen LogP contribution in [0, 0.1) is 20.8 Å². The number of carbonyl (C=O) groups is 2. The molecule has 1 saturated heterocycles. The van der Waals surface area contributed by atoms with E-state index in [9.17, 15) is 9.59 Å². The first-order valence-corrected chi connectivity index (χ1v) is 9.38. The molecule has 0 bridgehead atoms. The molecule has 1 aliphatic rings. The van der Waals surface area contributed by atoms with Gasteiger partial charge in [-0.25, -0.2) is 0 Å². The number of aryl methyl sites for hydroxylation is 2. The molecule has 0 spiro atoms.